The van der Waals surface area contributed by atoms with E-state index >= 15 is 0 Å². The highest BCUT2D eigenvalue weighted by Crippen LogP contribution is 2.28. The van der Waals surface area contributed by atoms with Crippen molar-refractivity contribution in [2.75, 3.05) is 35.0 Å². The van der Waals surface area contributed by atoms with E-state index in [1.807, 2.05) is 24.3 Å². The van der Waals surface area contributed by atoms with Crippen molar-refractivity contribution in [3.8, 4) is 11.5 Å². The Labute approximate surface area is 102 Å². The van der Waals surface area contributed by atoms with Crippen molar-refractivity contribution in [1.29, 1.82) is 0 Å². The Bertz CT molecular complexity index is 385. The molecule has 17 heavy (non-hydrogen) atoms. The van der Waals surface area contributed by atoms with Gasteiger partial charge in [0.25, 0.3) is 0 Å². The van der Waals surface area contributed by atoms with Gasteiger partial charge in [0, 0.05) is 7.11 Å². The number of methoxy groups -OCH3 is 4. The fraction of sp³-hybridized carbons (Fsp3) is 0.385. The standard InChI is InChI=1S/C13H18O4/c1-14-9-11(15-2)7-10-5-6-12(16-3)13(8-10)17-4/h5-8H,9H2,1-4H3/b11-7+. The fourth-order valence-corrected chi connectivity index (χ4v) is 1.43. The average Bonchev–Trinajstić information content (AvgIpc) is 2.38. The van der Waals surface area contributed by atoms with Crippen LogP contribution in [0.3, 0.4) is 0 Å². The van der Waals surface area contributed by atoms with E-state index in [0.717, 1.165) is 11.3 Å². The van der Waals surface area contributed by atoms with Gasteiger partial charge in [0.2, 0.25) is 0 Å². The van der Waals surface area contributed by atoms with Gasteiger partial charge in [-0.25, -0.2) is 0 Å². The maximum Gasteiger partial charge on any atom is 0.161 e. The fourth-order valence-electron chi connectivity index (χ4n) is 1.43. The van der Waals surface area contributed by atoms with Gasteiger partial charge in [-0.2, -0.15) is 0 Å². The lowest BCUT2D eigenvalue weighted by Crippen LogP contribution is -1.96. The van der Waals surface area contributed by atoms with Crippen LogP contribution in [0.15, 0.2) is 24.0 Å². The van der Waals surface area contributed by atoms with Crippen molar-refractivity contribution in [3.05, 3.63) is 29.5 Å². The Kier molecular flexibility index (Phi) is 5.36. The lowest BCUT2D eigenvalue weighted by atomic mass is 10.2. The van der Waals surface area contributed by atoms with Crippen LogP contribution < -0.4 is 9.47 Å². The Morgan fingerprint density at radius 1 is 1.06 bits per heavy atom. The monoisotopic (exact) mass is 238 g/mol. The molecule has 0 saturated heterocycles. The minimum Gasteiger partial charge on any atom is -0.499 e. The maximum atomic E-state index is 5.23. The molecular formula is C13H18O4. The first kappa shape index (κ1) is 13.4. The largest absolute Gasteiger partial charge is 0.499 e. The van der Waals surface area contributed by atoms with Gasteiger partial charge >= 0.3 is 0 Å². The first-order chi connectivity index (χ1) is 8.24. The third-order valence-electron chi connectivity index (χ3n) is 2.28. The van der Waals surface area contributed by atoms with E-state index in [1.54, 1.807) is 28.4 Å². The molecule has 0 aliphatic rings. The molecule has 0 heterocycles. The molecule has 0 aliphatic heterocycles. The van der Waals surface area contributed by atoms with E-state index in [0.29, 0.717) is 18.1 Å². The van der Waals surface area contributed by atoms with Crippen LogP contribution in [0.2, 0.25) is 0 Å². The summed E-state index contributed by atoms with van der Waals surface area (Å²) in [7, 11) is 6.46. The van der Waals surface area contributed by atoms with Crippen molar-refractivity contribution >= 4 is 6.08 Å². The molecule has 94 valence electrons. The molecule has 1 aromatic carbocycles. The molecule has 0 amide bonds. The predicted molar refractivity (Wildman–Crippen MR) is 66.4 cm³/mol. The summed E-state index contributed by atoms with van der Waals surface area (Å²) in [4.78, 5) is 0. The topological polar surface area (TPSA) is 36.9 Å². The van der Waals surface area contributed by atoms with Crippen LogP contribution in [0, 0.1) is 0 Å². The highest BCUT2D eigenvalue weighted by atomic mass is 16.5. The van der Waals surface area contributed by atoms with E-state index in [-0.39, 0.29) is 0 Å². The summed E-state index contributed by atoms with van der Waals surface area (Å²) in [5.74, 6) is 2.14. The molecule has 1 aromatic rings. The van der Waals surface area contributed by atoms with E-state index in [1.165, 1.54) is 0 Å². The lowest BCUT2D eigenvalue weighted by Gasteiger charge is -2.09. The van der Waals surface area contributed by atoms with Crippen molar-refractivity contribution in [1.82, 2.24) is 0 Å². The smallest absolute Gasteiger partial charge is 0.161 e. The quantitative estimate of drug-likeness (QED) is 0.713. The van der Waals surface area contributed by atoms with Crippen LogP contribution in [-0.2, 0) is 9.47 Å². The highest BCUT2D eigenvalue weighted by molar-refractivity contribution is 5.57. The number of benzene rings is 1. The molecule has 0 unspecified atom stereocenters. The molecule has 0 fully saturated rings. The van der Waals surface area contributed by atoms with Gasteiger partial charge in [-0.3, -0.25) is 0 Å². The van der Waals surface area contributed by atoms with Gasteiger partial charge in [-0.05, 0) is 23.8 Å². The minimum atomic E-state index is 0.435. The highest BCUT2D eigenvalue weighted by Gasteiger charge is 2.04. The molecule has 1 rings (SSSR count). The second-order valence-corrected chi connectivity index (χ2v) is 3.36. The Morgan fingerprint density at radius 2 is 1.76 bits per heavy atom. The summed E-state index contributed by atoms with van der Waals surface area (Å²) in [6.07, 6.45) is 1.89. The zero-order chi connectivity index (χ0) is 12.7. The molecule has 0 aromatic heterocycles. The summed E-state index contributed by atoms with van der Waals surface area (Å²) < 4.78 is 20.6. The van der Waals surface area contributed by atoms with Crippen LogP contribution in [0.1, 0.15) is 5.56 Å². The summed E-state index contributed by atoms with van der Waals surface area (Å²) in [6, 6.07) is 5.66. The zero-order valence-electron chi connectivity index (χ0n) is 10.6. The molecular weight excluding hydrogens is 220 g/mol. The minimum absolute atomic E-state index is 0.435. The molecule has 0 spiro atoms. The summed E-state index contributed by atoms with van der Waals surface area (Å²) in [5, 5.41) is 0. The molecule has 4 heteroatoms. The third-order valence-corrected chi connectivity index (χ3v) is 2.28. The summed E-state index contributed by atoms with van der Waals surface area (Å²) in [6.45, 7) is 0.435. The van der Waals surface area contributed by atoms with Gasteiger partial charge in [0.1, 0.15) is 12.4 Å². The maximum absolute atomic E-state index is 5.23. The number of rotatable bonds is 6. The van der Waals surface area contributed by atoms with Crippen LogP contribution in [0.5, 0.6) is 11.5 Å². The van der Waals surface area contributed by atoms with Gasteiger partial charge in [0.05, 0.1) is 21.3 Å². The van der Waals surface area contributed by atoms with Gasteiger partial charge in [-0.1, -0.05) is 6.07 Å². The molecule has 4 nitrogen and oxygen atoms in total. The zero-order valence-corrected chi connectivity index (χ0v) is 10.6. The number of hydrogen-bond donors (Lipinski definition) is 0. The van der Waals surface area contributed by atoms with Gasteiger partial charge in [0.15, 0.2) is 11.5 Å². The van der Waals surface area contributed by atoms with Crippen LogP contribution >= 0.6 is 0 Å². The summed E-state index contributed by atoms with van der Waals surface area (Å²) >= 11 is 0. The van der Waals surface area contributed by atoms with Crippen molar-refractivity contribution in [3.63, 3.8) is 0 Å². The second-order valence-electron chi connectivity index (χ2n) is 3.36. The van der Waals surface area contributed by atoms with Crippen LogP contribution in [0.25, 0.3) is 6.08 Å². The van der Waals surface area contributed by atoms with E-state index in [9.17, 15) is 0 Å². The summed E-state index contributed by atoms with van der Waals surface area (Å²) in [5.41, 5.74) is 0.969. The van der Waals surface area contributed by atoms with Gasteiger partial charge < -0.3 is 18.9 Å². The normalized spacial score (nSPS) is 11.2. The third kappa shape index (κ3) is 3.67. The molecule has 0 saturated carbocycles. The first-order valence-electron chi connectivity index (χ1n) is 5.20. The Hall–Kier alpha value is -1.68. The predicted octanol–water partition coefficient (Wildman–Crippen LogP) is 2.34. The number of ether oxygens (including phenoxy) is 4. The molecule has 0 N–H and O–H groups in total. The van der Waals surface area contributed by atoms with Crippen molar-refractivity contribution in [2.24, 2.45) is 0 Å². The van der Waals surface area contributed by atoms with Crippen molar-refractivity contribution in [2.45, 2.75) is 0 Å². The average molecular weight is 238 g/mol. The molecule has 0 aliphatic carbocycles. The Balaban J connectivity index is 2.98. The van der Waals surface area contributed by atoms with Crippen molar-refractivity contribution < 1.29 is 18.9 Å². The van der Waals surface area contributed by atoms with E-state index in [4.69, 9.17) is 18.9 Å². The SMILES string of the molecule is COC/C(=C\c1ccc(OC)c(OC)c1)OC. The molecule has 0 bridgehead atoms. The van der Waals surface area contributed by atoms with Crippen LogP contribution in [-0.4, -0.2) is 35.0 Å². The first-order valence-corrected chi connectivity index (χ1v) is 5.20. The lowest BCUT2D eigenvalue weighted by molar-refractivity contribution is 0.161. The molecule has 0 radical (unpaired) electrons. The van der Waals surface area contributed by atoms with Crippen LogP contribution in [0.4, 0.5) is 0 Å². The van der Waals surface area contributed by atoms with E-state index < -0.39 is 0 Å². The molecule has 0 atom stereocenters. The van der Waals surface area contributed by atoms with Gasteiger partial charge in [-0.15, -0.1) is 0 Å². The second kappa shape index (κ2) is 6.81. The Morgan fingerprint density at radius 3 is 2.29 bits per heavy atom. The van der Waals surface area contributed by atoms with E-state index in [2.05, 4.69) is 0 Å². The number of hydrogen-bond acceptors (Lipinski definition) is 4.